The predicted octanol–water partition coefficient (Wildman–Crippen LogP) is 1.23. The van der Waals surface area contributed by atoms with Gasteiger partial charge in [-0.15, -0.1) is 0 Å². The van der Waals surface area contributed by atoms with Gasteiger partial charge in [-0.1, -0.05) is 13.3 Å². The van der Waals surface area contributed by atoms with Crippen LogP contribution in [0.1, 0.15) is 47.0 Å². The van der Waals surface area contributed by atoms with Crippen molar-refractivity contribution < 1.29 is 27.9 Å². The summed E-state index contributed by atoms with van der Waals surface area (Å²) in [6, 6.07) is -0.421. The van der Waals surface area contributed by atoms with Gasteiger partial charge in [0.1, 0.15) is 0 Å². The van der Waals surface area contributed by atoms with Crippen molar-refractivity contribution in [1.29, 1.82) is 0 Å². The average molecular weight is 324 g/mol. The maximum absolute atomic E-state index is 11.6. The zero-order chi connectivity index (χ0) is 16.6. The standard InChI is InChI=1S/C12H24N2O6S/c1-8(2)20-12(17)14-21(18,19)13-10(4)7-5-6-9(3)11(15)16/h8-10,13H,5-7H2,1-4H3,(H,14,17)(H,15,16). The molecule has 0 aliphatic carbocycles. The highest BCUT2D eigenvalue weighted by Gasteiger charge is 2.19. The van der Waals surface area contributed by atoms with Crippen molar-refractivity contribution in [1.82, 2.24) is 9.44 Å². The zero-order valence-corrected chi connectivity index (χ0v) is 13.6. The van der Waals surface area contributed by atoms with E-state index in [1.54, 1.807) is 32.4 Å². The lowest BCUT2D eigenvalue weighted by Gasteiger charge is -2.15. The molecule has 0 aliphatic rings. The van der Waals surface area contributed by atoms with E-state index in [9.17, 15) is 18.0 Å². The molecule has 8 nitrogen and oxygen atoms in total. The minimum Gasteiger partial charge on any atom is -0.481 e. The molecule has 0 heterocycles. The van der Waals surface area contributed by atoms with E-state index < -0.39 is 40.3 Å². The summed E-state index contributed by atoms with van der Waals surface area (Å²) in [7, 11) is -3.98. The first-order valence-corrected chi connectivity index (χ1v) is 8.25. The van der Waals surface area contributed by atoms with E-state index in [0.717, 1.165) is 0 Å². The second-order valence-electron chi connectivity index (χ2n) is 5.25. The number of carboxylic acids is 1. The molecule has 0 aliphatic heterocycles. The topological polar surface area (TPSA) is 122 Å². The first-order valence-electron chi connectivity index (χ1n) is 6.77. The zero-order valence-electron chi connectivity index (χ0n) is 12.8. The Hall–Kier alpha value is -1.35. The molecule has 9 heteroatoms. The maximum atomic E-state index is 11.6. The second kappa shape index (κ2) is 8.83. The van der Waals surface area contributed by atoms with Crippen molar-refractivity contribution in [3.8, 4) is 0 Å². The minimum atomic E-state index is -3.98. The van der Waals surface area contributed by atoms with Crippen molar-refractivity contribution >= 4 is 22.3 Å². The number of amides is 1. The number of ether oxygens (including phenoxy) is 1. The number of carbonyl (C=O) groups excluding carboxylic acids is 1. The van der Waals surface area contributed by atoms with E-state index in [4.69, 9.17) is 5.11 Å². The number of hydrogen-bond acceptors (Lipinski definition) is 5. The van der Waals surface area contributed by atoms with Crippen LogP contribution in [0.25, 0.3) is 0 Å². The summed E-state index contributed by atoms with van der Waals surface area (Å²) >= 11 is 0. The number of aliphatic carboxylic acids is 1. The van der Waals surface area contributed by atoms with Crippen molar-refractivity contribution in [2.45, 2.75) is 59.1 Å². The van der Waals surface area contributed by atoms with E-state index in [2.05, 4.69) is 9.46 Å². The van der Waals surface area contributed by atoms with Gasteiger partial charge in [0.05, 0.1) is 12.0 Å². The first-order chi connectivity index (χ1) is 9.53. The summed E-state index contributed by atoms with van der Waals surface area (Å²) in [5.74, 6) is -1.34. The van der Waals surface area contributed by atoms with Crippen LogP contribution in [0, 0.1) is 5.92 Å². The van der Waals surface area contributed by atoms with Crippen LogP contribution in [0.4, 0.5) is 4.79 Å². The number of hydrogen-bond donors (Lipinski definition) is 3. The molecular weight excluding hydrogens is 300 g/mol. The van der Waals surface area contributed by atoms with E-state index >= 15 is 0 Å². The Bertz CT molecular complexity index is 449. The highest BCUT2D eigenvalue weighted by Crippen LogP contribution is 2.09. The summed E-state index contributed by atoms with van der Waals surface area (Å²) in [5.41, 5.74) is 0. The monoisotopic (exact) mass is 324 g/mol. The number of carbonyl (C=O) groups is 2. The molecule has 3 N–H and O–H groups in total. The van der Waals surface area contributed by atoms with Crippen LogP contribution in [0.5, 0.6) is 0 Å². The fraction of sp³-hybridized carbons (Fsp3) is 0.833. The van der Waals surface area contributed by atoms with Gasteiger partial charge in [-0.3, -0.25) is 4.79 Å². The van der Waals surface area contributed by atoms with Crippen molar-refractivity contribution in [2.75, 3.05) is 0 Å². The number of rotatable bonds is 9. The largest absolute Gasteiger partial charge is 0.481 e. The molecule has 0 aromatic carbocycles. The molecule has 21 heavy (non-hydrogen) atoms. The third-order valence-corrected chi connectivity index (χ3v) is 3.76. The van der Waals surface area contributed by atoms with E-state index in [-0.39, 0.29) is 0 Å². The van der Waals surface area contributed by atoms with E-state index in [1.165, 1.54) is 0 Å². The smallest absolute Gasteiger partial charge is 0.422 e. The number of carboxylic acid groups (broad SMARTS) is 1. The lowest BCUT2D eigenvalue weighted by atomic mass is 10.0. The molecule has 124 valence electrons. The van der Waals surface area contributed by atoms with Crippen molar-refractivity contribution in [3.63, 3.8) is 0 Å². The molecule has 0 bridgehead atoms. The van der Waals surface area contributed by atoms with Gasteiger partial charge in [0.25, 0.3) is 0 Å². The molecule has 0 rings (SSSR count). The Morgan fingerprint density at radius 1 is 1.14 bits per heavy atom. The van der Waals surface area contributed by atoms with E-state index in [1.807, 2.05) is 0 Å². The quantitative estimate of drug-likeness (QED) is 0.586. The Labute approximate surface area is 125 Å². The SMILES string of the molecule is CC(CCCC(C)C(=O)O)NS(=O)(=O)NC(=O)OC(C)C. The van der Waals surface area contributed by atoms with Crippen LogP contribution in [-0.4, -0.2) is 37.7 Å². The highest BCUT2D eigenvalue weighted by molar-refractivity contribution is 7.88. The van der Waals surface area contributed by atoms with Gasteiger partial charge in [0.15, 0.2) is 0 Å². The molecule has 0 radical (unpaired) electrons. The molecule has 2 unspecified atom stereocenters. The molecule has 1 amide bonds. The van der Waals surface area contributed by atoms with Crippen LogP contribution in [0.2, 0.25) is 0 Å². The third kappa shape index (κ3) is 10.1. The Morgan fingerprint density at radius 2 is 1.71 bits per heavy atom. The van der Waals surface area contributed by atoms with Gasteiger partial charge in [0.2, 0.25) is 0 Å². The Kier molecular flexibility index (Phi) is 8.26. The van der Waals surface area contributed by atoms with Gasteiger partial charge in [-0.2, -0.15) is 13.1 Å². The summed E-state index contributed by atoms with van der Waals surface area (Å²) in [5, 5.41) is 8.73. The minimum absolute atomic E-state index is 0.421. The molecular formula is C12H24N2O6S. The van der Waals surface area contributed by atoms with Crippen LogP contribution >= 0.6 is 0 Å². The molecule has 0 spiro atoms. The Morgan fingerprint density at radius 3 is 2.19 bits per heavy atom. The van der Waals surface area contributed by atoms with Gasteiger partial charge in [-0.25, -0.2) is 9.52 Å². The van der Waals surface area contributed by atoms with Crippen LogP contribution in [0.3, 0.4) is 0 Å². The van der Waals surface area contributed by atoms with Crippen molar-refractivity contribution in [2.24, 2.45) is 5.92 Å². The number of nitrogens with one attached hydrogen (secondary N) is 2. The van der Waals surface area contributed by atoms with Crippen LogP contribution < -0.4 is 9.44 Å². The lowest BCUT2D eigenvalue weighted by Crippen LogP contribution is -2.44. The van der Waals surface area contributed by atoms with Crippen LogP contribution in [0.15, 0.2) is 0 Å². The first kappa shape index (κ1) is 19.7. The Balaban J connectivity index is 4.15. The average Bonchev–Trinajstić information content (AvgIpc) is 2.25. The highest BCUT2D eigenvalue weighted by atomic mass is 32.2. The summed E-state index contributed by atoms with van der Waals surface area (Å²) in [6.45, 7) is 6.44. The summed E-state index contributed by atoms with van der Waals surface area (Å²) in [6.07, 6.45) is 0.0367. The predicted molar refractivity (Wildman–Crippen MR) is 76.9 cm³/mol. The van der Waals surface area contributed by atoms with Crippen LogP contribution in [-0.2, 0) is 19.7 Å². The van der Waals surface area contributed by atoms with E-state index in [0.29, 0.717) is 19.3 Å². The van der Waals surface area contributed by atoms with Gasteiger partial charge >= 0.3 is 22.3 Å². The fourth-order valence-electron chi connectivity index (χ4n) is 1.55. The molecule has 0 aromatic heterocycles. The molecule has 0 saturated heterocycles. The normalized spacial score (nSPS) is 14.5. The lowest BCUT2D eigenvalue weighted by molar-refractivity contribution is -0.141. The summed E-state index contributed by atoms with van der Waals surface area (Å²) in [4.78, 5) is 21.9. The van der Waals surface area contributed by atoms with Crippen molar-refractivity contribution in [3.05, 3.63) is 0 Å². The fourth-order valence-corrected chi connectivity index (χ4v) is 2.53. The van der Waals surface area contributed by atoms with Gasteiger partial charge < -0.3 is 9.84 Å². The third-order valence-electron chi connectivity index (χ3n) is 2.61. The molecule has 2 atom stereocenters. The molecule has 0 aromatic rings. The van der Waals surface area contributed by atoms with Gasteiger partial charge in [-0.05, 0) is 33.6 Å². The van der Waals surface area contributed by atoms with Gasteiger partial charge in [0, 0.05) is 6.04 Å². The molecule has 0 saturated carbocycles. The summed E-state index contributed by atoms with van der Waals surface area (Å²) < 4.78 is 31.9. The molecule has 0 fully saturated rings. The maximum Gasteiger partial charge on any atom is 0.422 e. The second-order valence-corrected chi connectivity index (χ2v) is 6.70.